The summed E-state index contributed by atoms with van der Waals surface area (Å²) < 4.78 is 7.19. The van der Waals surface area contributed by atoms with Gasteiger partial charge in [0.1, 0.15) is 12.4 Å². The molecule has 0 radical (unpaired) electrons. The molecular formula is C19H18ClN3O3. The molecule has 0 atom stereocenters. The third kappa shape index (κ3) is 4.61. The molecular weight excluding hydrogens is 354 g/mol. The molecule has 2 aromatic carbocycles. The van der Waals surface area contributed by atoms with Crippen molar-refractivity contribution in [3.05, 3.63) is 70.0 Å². The van der Waals surface area contributed by atoms with Crippen LogP contribution in [0.1, 0.15) is 6.42 Å². The standard InChI is InChI=1S/C19H18ClN3O3/c20-14-5-7-15(8-6-14)26-12-10-21-19(25)9-11-23-17-4-2-1-3-16(17)18(24)13-22-23/h1-8,13H,9-12H2,(H,21,25). The second-order valence-corrected chi connectivity index (χ2v) is 6.09. The third-order valence-corrected chi connectivity index (χ3v) is 4.07. The summed E-state index contributed by atoms with van der Waals surface area (Å²) in [7, 11) is 0. The van der Waals surface area contributed by atoms with Gasteiger partial charge in [-0.25, -0.2) is 0 Å². The number of carbonyl (C=O) groups is 1. The van der Waals surface area contributed by atoms with E-state index in [9.17, 15) is 9.59 Å². The highest BCUT2D eigenvalue weighted by atomic mass is 35.5. The van der Waals surface area contributed by atoms with E-state index in [0.717, 1.165) is 5.52 Å². The number of hydrogen-bond acceptors (Lipinski definition) is 4. The predicted octanol–water partition coefficient (Wildman–Crippen LogP) is 2.64. The molecule has 3 rings (SSSR count). The average molecular weight is 372 g/mol. The van der Waals surface area contributed by atoms with Crippen LogP contribution in [-0.4, -0.2) is 28.8 Å². The number of nitrogens with one attached hydrogen (secondary N) is 1. The molecule has 0 aliphatic heterocycles. The van der Waals surface area contributed by atoms with Gasteiger partial charge < -0.3 is 10.1 Å². The van der Waals surface area contributed by atoms with E-state index in [0.29, 0.717) is 35.9 Å². The number of amides is 1. The molecule has 7 heteroatoms. The van der Waals surface area contributed by atoms with Crippen LogP contribution in [0.25, 0.3) is 10.9 Å². The Balaban J connectivity index is 1.46. The Kier molecular flexibility index (Phi) is 5.86. The first-order valence-corrected chi connectivity index (χ1v) is 8.61. The van der Waals surface area contributed by atoms with Crippen molar-refractivity contribution in [1.29, 1.82) is 0 Å². The largest absolute Gasteiger partial charge is 0.492 e. The molecule has 0 unspecified atom stereocenters. The van der Waals surface area contributed by atoms with Crippen LogP contribution >= 0.6 is 11.6 Å². The molecule has 134 valence electrons. The number of rotatable bonds is 7. The molecule has 1 N–H and O–H groups in total. The summed E-state index contributed by atoms with van der Waals surface area (Å²) >= 11 is 5.81. The predicted molar refractivity (Wildman–Crippen MR) is 101 cm³/mol. The normalized spacial score (nSPS) is 10.7. The maximum absolute atomic E-state index is 12.0. The molecule has 26 heavy (non-hydrogen) atoms. The number of ether oxygens (including phenoxy) is 1. The Morgan fingerprint density at radius 3 is 2.73 bits per heavy atom. The van der Waals surface area contributed by atoms with Gasteiger partial charge in [0.15, 0.2) is 0 Å². The van der Waals surface area contributed by atoms with Crippen molar-refractivity contribution in [3.63, 3.8) is 0 Å². The minimum Gasteiger partial charge on any atom is -0.492 e. The van der Waals surface area contributed by atoms with E-state index in [4.69, 9.17) is 16.3 Å². The van der Waals surface area contributed by atoms with E-state index >= 15 is 0 Å². The minimum atomic E-state index is -0.124. The number of aromatic nitrogens is 2. The molecule has 3 aromatic rings. The van der Waals surface area contributed by atoms with Crippen LogP contribution < -0.4 is 15.5 Å². The lowest BCUT2D eigenvalue weighted by molar-refractivity contribution is -0.121. The van der Waals surface area contributed by atoms with E-state index in [1.54, 1.807) is 35.0 Å². The highest BCUT2D eigenvalue weighted by molar-refractivity contribution is 6.30. The second kappa shape index (κ2) is 8.49. The molecule has 0 saturated heterocycles. The summed E-state index contributed by atoms with van der Waals surface area (Å²) in [5.41, 5.74) is 0.597. The van der Waals surface area contributed by atoms with E-state index in [1.807, 2.05) is 18.2 Å². The molecule has 0 aliphatic carbocycles. The van der Waals surface area contributed by atoms with Gasteiger partial charge in [-0.1, -0.05) is 23.7 Å². The number of para-hydroxylation sites is 1. The van der Waals surface area contributed by atoms with Crippen molar-refractivity contribution in [2.24, 2.45) is 0 Å². The van der Waals surface area contributed by atoms with Crippen molar-refractivity contribution >= 4 is 28.4 Å². The summed E-state index contributed by atoms with van der Waals surface area (Å²) in [6.07, 6.45) is 1.54. The first kappa shape index (κ1) is 17.9. The summed E-state index contributed by atoms with van der Waals surface area (Å²) in [6.45, 7) is 1.16. The van der Waals surface area contributed by atoms with Crippen molar-refractivity contribution in [2.45, 2.75) is 13.0 Å². The van der Waals surface area contributed by atoms with Crippen molar-refractivity contribution < 1.29 is 9.53 Å². The zero-order valence-corrected chi connectivity index (χ0v) is 14.8. The van der Waals surface area contributed by atoms with Crippen molar-refractivity contribution in [1.82, 2.24) is 15.1 Å². The van der Waals surface area contributed by atoms with E-state index in [1.165, 1.54) is 6.20 Å². The number of halogens is 1. The maximum atomic E-state index is 12.0. The van der Waals surface area contributed by atoms with Crippen LogP contribution in [0.5, 0.6) is 5.75 Å². The molecule has 0 bridgehead atoms. The van der Waals surface area contributed by atoms with E-state index < -0.39 is 0 Å². The highest BCUT2D eigenvalue weighted by Gasteiger charge is 2.06. The SMILES string of the molecule is O=C(CCn1ncc(=O)c2ccccc21)NCCOc1ccc(Cl)cc1. The van der Waals surface area contributed by atoms with Crippen LogP contribution in [0, 0.1) is 0 Å². The molecule has 0 saturated carbocycles. The molecule has 0 fully saturated rings. The Hall–Kier alpha value is -2.86. The van der Waals surface area contributed by atoms with Gasteiger partial charge in [0.25, 0.3) is 0 Å². The Morgan fingerprint density at radius 1 is 1.15 bits per heavy atom. The van der Waals surface area contributed by atoms with Gasteiger partial charge in [0.05, 0.1) is 24.8 Å². The number of hydrogen-bond donors (Lipinski definition) is 1. The number of nitrogens with zero attached hydrogens (tertiary/aromatic N) is 2. The van der Waals surface area contributed by atoms with Gasteiger partial charge in [0.2, 0.25) is 11.3 Å². The fourth-order valence-corrected chi connectivity index (χ4v) is 2.65. The first-order valence-electron chi connectivity index (χ1n) is 8.23. The molecule has 0 aliphatic rings. The smallest absolute Gasteiger partial charge is 0.221 e. The van der Waals surface area contributed by atoms with Gasteiger partial charge in [-0.2, -0.15) is 5.10 Å². The average Bonchev–Trinajstić information content (AvgIpc) is 2.66. The summed E-state index contributed by atoms with van der Waals surface area (Å²) in [5, 5.41) is 8.16. The van der Waals surface area contributed by atoms with Crippen LogP contribution in [0.4, 0.5) is 0 Å². The fourth-order valence-electron chi connectivity index (χ4n) is 2.53. The topological polar surface area (TPSA) is 73.2 Å². The Labute approximate surface area is 155 Å². The summed E-state index contributed by atoms with van der Waals surface area (Å²) in [4.78, 5) is 23.8. The molecule has 1 amide bonds. The zero-order valence-electron chi connectivity index (χ0n) is 14.0. The quantitative estimate of drug-likeness (QED) is 0.648. The lowest BCUT2D eigenvalue weighted by Crippen LogP contribution is -2.29. The van der Waals surface area contributed by atoms with Gasteiger partial charge in [-0.3, -0.25) is 14.3 Å². The third-order valence-electron chi connectivity index (χ3n) is 3.82. The Morgan fingerprint density at radius 2 is 1.92 bits per heavy atom. The fraction of sp³-hybridized carbons (Fsp3) is 0.211. The van der Waals surface area contributed by atoms with E-state index in [2.05, 4.69) is 10.4 Å². The number of fused-ring (bicyclic) bond motifs is 1. The van der Waals surface area contributed by atoms with Crippen LogP contribution in [0.2, 0.25) is 5.02 Å². The Bertz CT molecular complexity index is 954. The molecule has 1 heterocycles. The van der Waals surface area contributed by atoms with Gasteiger partial charge >= 0.3 is 0 Å². The monoisotopic (exact) mass is 371 g/mol. The minimum absolute atomic E-state index is 0.103. The molecule has 6 nitrogen and oxygen atoms in total. The highest BCUT2D eigenvalue weighted by Crippen LogP contribution is 2.15. The van der Waals surface area contributed by atoms with Crippen LogP contribution in [0.15, 0.2) is 59.5 Å². The summed E-state index contributed by atoms with van der Waals surface area (Å²) in [6, 6.07) is 14.3. The molecule has 0 spiro atoms. The first-order chi connectivity index (χ1) is 12.6. The number of aryl methyl sites for hydroxylation is 1. The lowest BCUT2D eigenvalue weighted by atomic mass is 10.2. The molecule has 1 aromatic heterocycles. The van der Waals surface area contributed by atoms with Gasteiger partial charge in [0, 0.05) is 16.8 Å². The maximum Gasteiger partial charge on any atom is 0.221 e. The van der Waals surface area contributed by atoms with Crippen molar-refractivity contribution in [3.8, 4) is 5.75 Å². The van der Waals surface area contributed by atoms with Crippen LogP contribution in [-0.2, 0) is 11.3 Å². The van der Waals surface area contributed by atoms with E-state index in [-0.39, 0.29) is 17.8 Å². The van der Waals surface area contributed by atoms with Crippen LogP contribution in [0.3, 0.4) is 0 Å². The summed E-state index contributed by atoms with van der Waals surface area (Å²) in [5.74, 6) is 0.599. The number of benzene rings is 2. The number of carbonyl (C=O) groups excluding carboxylic acids is 1. The second-order valence-electron chi connectivity index (χ2n) is 5.65. The van der Waals surface area contributed by atoms with Crippen molar-refractivity contribution in [2.75, 3.05) is 13.2 Å². The zero-order chi connectivity index (χ0) is 18.4. The van der Waals surface area contributed by atoms with Gasteiger partial charge in [-0.05, 0) is 36.4 Å². The van der Waals surface area contributed by atoms with Gasteiger partial charge in [-0.15, -0.1) is 0 Å². The lowest BCUT2D eigenvalue weighted by Gasteiger charge is -2.10.